The highest BCUT2D eigenvalue weighted by Crippen LogP contribution is 2.29. The van der Waals surface area contributed by atoms with Gasteiger partial charge in [0.2, 0.25) is 0 Å². The summed E-state index contributed by atoms with van der Waals surface area (Å²) >= 11 is 0. The van der Waals surface area contributed by atoms with Crippen molar-refractivity contribution in [2.75, 3.05) is 11.9 Å². The summed E-state index contributed by atoms with van der Waals surface area (Å²) in [6, 6.07) is 11.7. The van der Waals surface area contributed by atoms with Gasteiger partial charge in [0.05, 0.1) is 4.92 Å². The molecular weight excluding hydrogens is 272 g/mol. The van der Waals surface area contributed by atoms with E-state index in [2.05, 4.69) is 0 Å². The van der Waals surface area contributed by atoms with E-state index in [4.69, 9.17) is 5.11 Å². The summed E-state index contributed by atoms with van der Waals surface area (Å²) in [5.74, 6) is -1.31. The number of carbonyl (C=O) groups is 1. The van der Waals surface area contributed by atoms with Gasteiger partial charge >= 0.3 is 5.97 Å². The third-order valence-electron chi connectivity index (χ3n) is 3.22. The van der Waals surface area contributed by atoms with Crippen molar-refractivity contribution in [3.63, 3.8) is 0 Å². The van der Waals surface area contributed by atoms with Gasteiger partial charge in [0.1, 0.15) is 5.56 Å². The van der Waals surface area contributed by atoms with Crippen LogP contribution in [0.4, 0.5) is 17.1 Å². The van der Waals surface area contributed by atoms with Crippen LogP contribution in [0.15, 0.2) is 42.5 Å². The molecule has 0 atom stereocenters. The van der Waals surface area contributed by atoms with Crippen LogP contribution in [0.1, 0.15) is 15.9 Å². The summed E-state index contributed by atoms with van der Waals surface area (Å²) in [6.45, 7) is 1.97. The van der Waals surface area contributed by atoms with E-state index >= 15 is 0 Å². The molecule has 1 N–H and O–H groups in total. The molecule has 0 spiro atoms. The van der Waals surface area contributed by atoms with E-state index in [0.29, 0.717) is 5.69 Å². The molecule has 0 saturated heterocycles. The minimum Gasteiger partial charge on any atom is -0.477 e. The first-order valence-electron chi connectivity index (χ1n) is 6.22. The molecule has 6 nitrogen and oxygen atoms in total. The third-order valence-corrected chi connectivity index (χ3v) is 3.22. The van der Waals surface area contributed by atoms with E-state index < -0.39 is 16.6 Å². The van der Waals surface area contributed by atoms with Gasteiger partial charge in [0, 0.05) is 24.5 Å². The van der Waals surface area contributed by atoms with Crippen LogP contribution in [-0.2, 0) is 0 Å². The highest BCUT2D eigenvalue weighted by molar-refractivity contribution is 5.93. The maximum absolute atomic E-state index is 11.0. The molecule has 0 aliphatic rings. The maximum atomic E-state index is 11.0. The van der Waals surface area contributed by atoms with Gasteiger partial charge in [-0.15, -0.1) is 0 Å². The molecule has 6 heteroatoms. The highest BCUT2D eigenvalue weighted by atomic mass is 16.6. The van der Waals surface area contributed by atoms with Crippen LogP contribution in [0.5, 0.6) is 0 Å². The van der Waals surface area contributed by atoms with Gasteiger partial charge in [0.15, 0.2) is 0 Å². The second-order valence-electron chi connectivity index (χ2n) is 4.66. The second kappa shape index (κ2) is 5.62. The Kier molecular flexibility index (Phi) is 3.89. The fourth-order valence-electron chi connectivity index (χ4n) is 1.98. The lowest BCUT2D eigenvalue weighted by atomic mass is 10.1. The standard InChI is InChI=1S/C15H14N2O4/c1-10-3-5-11(6-4-10)16(2)12-7-8-13(15(18)19)14(9-12)17(20)21/h3-9H,1-2H3,(H,18,19). The molecule has 0 radical (unpaired) electrons. The minimum atomic E-state index is -1.31. The number of anilines is 2. The Morgan fingerprint density at radius 1 is 1.14 bits per heavy atom. The number of aromatic carboxylic acids is 1. The molecular formula is C15H14N2O4. The number of nitro benzene ring substituents is 1. The SMILES string of the molecule is Cc1ccc(N(C)c2ccc(C(=O)O)c([N+](=O)[O-])c2)cc1. The topological polar surface area (TPSA) is 83.7 Å². The van der Waals surface area contributed by atoms with Crippen molar-refractivity contribution < 1.29 is 14.8 Å². The van der Waals surface area contributed by atoms with Gasteiger partial charge in [-0.1, -0.05) is 17.7 Å². The molecule has 0 aliphatic heterocycles. The van der Waals surface area contributed by atoms with Crippen molar-refractivity contribution in [3.05, 3.63) is 63.7 Å². The molecule has 2 aromatic rings. The number of rotatable bonds is 4. The number of benzene rings is 2. The molecule has 0 saturated carbocycles. The quantitative estimate of drug-likeness (QED) is 0.688. The number of nitrogens with zero attached hydrogens (tertiary/aromatic N) is 2. The summed E-state index contributed by atoms with van der Waals surface area (Å²) in [5.41, 5.74) is 1.79. The van der Waals surface area contributed by atoms with Crippen molar-refractivity contribution in [1.82, 2.24) is 0 Å². The smallest absolute Gasteiger partial charge is 0.342 e. The van der Waals surface area contributed by atoms with Crippen LogP contribution in [0, 0.1) is 17.0 Å². The highest BCUT2D eigenvalue weighted by Gasteiger charge is 2.21. The van der Waals surface area contributed by atoms with Gasteiger partial charge in [-0.2, -0.15) is 0 Å². The second-order valence-corrected chi connectivity index (χ2v) is 4.66. The van der Waals surface area contributed by atoms with Crippen molar-refractivity contribution in [2.24, 2.45) is 0 Å². The van der Waals surface area contributed by atoms with E-state index in [1.54, 1.807) is 18.0 Å². The third kappa shape index (κ3) is 3.00. The van der Waals surface area contributed by atoms with E-state index in [9.17, 15) is 14.9 Å². The number of hydrogen-bond donors (Lipinski definition) is 1. The molecule has 0 bridgehead atoms. The van der Waals surface area contributed by atoms with E-state index in [1.807, 2.05) is 31.2 Å². The van der Waals surface area contributed by atoms with Gasteiger partial charge in [-0.3, -0.25) is 10.1 Å². The monoisotopic (exact) mass is 286 g/mol. The number of hydrogen-bond acceptors (Lipinski definition) is 4. The van der Waals surface area contributed by atoms with E-state index in [1.165, 1.54) is 12.1 Å². The molecule has 21 heavy (non-hydrogen) atoms. The van der Waals surface area contributed by atoms with Gasteiger partial charge in [0.25, 0.3) is 5.69 Å². The van der Waals surface area contributed by atoms with Gasteiger partial charge in [-0.05, 0) is 31.2 Å². The molecule has 0 heterocycles. The van der Waals surface area contributed by atoms with Crippen molar-refractivity contribution in [2.45, 2.75) is 6.92 Å². The van der Waals surface area contributed by atoms with Crippen LogP contribution in [0.25, 0.3) is 0 Å². The molecule has 2 aromatic carbocycles. The molecule has 0 unspecified atom stereocenters. The van der Waals surface area contributed by atoms with Crippen molar-refractivity contribution in [3.8, 4) is 0 Å². The summed E-state index contributed by atoms with van der Waals surface area (Å²) in [4.78, 5) is 23.1. The average molecular weight is 286 g/mol. The Hall–Kier alpha value is -2.89. The Morgan fingerprint density at radius 2 is 1.71 bits per heavy atom. The number of aryl methyl sites for hydroxylation is 1. The Balaban J connectivity index is 2.44. The first kappa shape index (κ1) is 14.5. The number of carboxylic acids is 1. The van der Waals surface area contributed by atoms with E-state index in [0.717, 1.165) is 11.3 Å². The summed E-state index contributed by atoms with van der Waals surface area (Å²) < 4.78 is 0. The van der Waals surface area contributed by atoms with Crippen molar-refractivity contribution >= 4 is 23.0 Å². The van der Waals surface area contributed by atoms with Crippen LogP contribution < -0.4 is 4.90 Å². The molecule has 2 rings (SSSR count). The predicted molar refractivity (Wildman–Crippen MR) is 79.3 cm³/mol. The minimum absolute atomic E-state index is 0.318. The zero-order valence-corrected chi connectivity index (χ0v) is 11.6. The molecule has 108 valence electrons. The maximum Gasteiger partial charge on any atom is 0.342 e. The van der Waals surface area contributed by atoms with Gasteiger partial charge in [-0.25, -0.2) is 4.79 Å². The van der Waals surface area contributed by atoms with E-state index in [-0.39, 0.29) is 5.56 Å². The Morgan fingerprint density at radius 3 is 2.24 bits per heavy atom. The Labute approximate surface area is 121 Å². The zero-order chi connectivity index (χ0) is 15.6. The zero-order valence-electron chi connectivity index (χ0n) is 11.6. The summed E-state index contributed by atoms with van der Waals surface area (Å²) in [6.07, 6.45) is 0. The first-order valence-corrected chi connectivity index (χ1v) is 6.22. The fourth-order valence-corrected chi connectivity index (χ4v) is 1.98. The summed E-state index contributed by atoms with van der Waals surface area (Å²) in [7, 11) is 1.77. The lowest BCUT2D eigenvalue weighted by Gasteiger charge is -2.19. The average Bonchev–Trinajstić information content (AvgIpc) is 2.46. The Bertz CT molecular complexity index is 695. The largest absolute Gasteiger partial charge is 0.477 e. The molecule has 0 fully saturated rings. The first-order chi connectivity index (χ1) is 9.90. The number of carboxylic acid groups (broad SMARTS) is 1. The van der Waals surface area contributed by atoms with Crippen molar-refractivity contribution in [1.29, 1.82) is 0 Å². The lowest BCUT2D eigenvalue weighted by molar-refractivity contribution is -0.385. The lowest BCUT2D eigenvalue weighted by Crippen LogP contribution is -2.11. The van der Waals surface area contributed by atoms with Crippen LogP contribution in [0.2, 0.25) is 0 Å². The van der Waals surface area contributed by atoms with Crippen LogP contribution in [-0.4, -0.2) is 23.0 Å². The van der Waals surface area contributed by atoms with Gasteiger partial charge < -0.3 is 10.0 Å². The molecule has 0 aliphatic carbocycles. The molecule has 0 aromatic heterocycles. The normalized spacial score (nSPS) is 10.2. The predicted octanol–water partition coefficient (Wildman–Crippen LogP) is 3.37. The number of nitro groups is 1. The molecule has 0 amide bonds. The summed E-state index contributed by atoms with van der Waals surface area (Å²) in [5, 5.41) is 20.0. The van der Waals surface area contributed by atoms with Crippen LogP contribution in [0.3, 0.4) is 0 Å². The fraction of sp³-hybridized carbons (Fsp3) is 0.133. The van der Waals surface area contributed by atoms with Crippen LogP contribution >= 0.6 is 0 Å².